The highest BCUT2D eigenvalue weighted by molar-refractivity contribution is 5.96. The molecule has 1 heterocycles. The largest absolute Gasteiger partial charge is 0.444 e. The van der Waals surface area contributed by atoms with Crippen LogP contribution in [0.5, 0.6) is 0 Å². The summed E-state index contributed by atoms with van der Waals surface area (Å²) >= 11 is 0. The number of rotatable bonds is 8. The molecule has 0 fully saturated rings. The van der Waals surface area contributed by atoms with Crippen molar-refractivity contribution >= 4 is 23.7 Å². The van der Waals surface area contributed by atoms with E-state index in [2.05, 4.69) is 15.6 Å². The zero-order valence-corrected chi connectivity index (χ0v) is 20.5. The molecule has 0 saturated carbocycles. The van der Waals surface area contributed by atoms with Crippen molar-refractivity contribution in [1.82, 2.24) is 19.8 Å². The van der Waals surface area contributed by atoms with Gasteiger partial charge in [-0.1, -0.05) is 32.4 Å². The van der Waals surface area contributed by atoms with Crippen LogP contribution < -0.4 is 10.6 Å². The van der Waals surface area contributed by atoms with Gasteiger partial charge in [0.25, 0.3) is 5.91 Å². The first-order valence-corrected chi connectivity index (χ1v) is 11.0. The van der Waals surface area contributed by atoms with E-state index in [0.29, 0.717) is 24.3 Å². The average Bonchev–Trinajstić information content (AvgIpc) is 3.16. The van der Waals surface area contributed by atoms with Crippen LogP contribution in [0.15, 0.2) is 36.8 Å². The van der Waals surface area contributed by atoms with Crippen LogP contribution in [0, 0.1) is 5.92 Å². The molecule has 2 rings (SSSR count). The van der Waals surface area contributed by atoms with E-state index < -0.39 is 17.7 Å². The van der Waals surface area contributed by atoms with Gasteiger partial charge in [0, 0.05) is 32.4 Å². The van der Waals surface area contributed by atoms with Gasteiger partial charge >= 0.3 is 6.09 Å². The molecule has 9 nitrogen and oxygen atoms in total. The van der Waals surface area contributed by atoms with Crippen LogP contribution in [0.3, 0.4) is 0 Å². The number of nitrogens with zero attached hydrogens (tertiary/aromatic N) is 3. The Morgan fingerprint density at radius 3 is 2.52 bits per heavy atom. The number of imidazole rings is 1. The number of anilines is 1. The lowest BCUT2D eigenvalue weighted by Crippen LogP contribution is -2.49. The van der Waals surface area contributed by atoms with Gasteiger partial charge in [0.05, 0.1) is 6.33 Å². The van der Waals surface area contributed by atoms with E-state index >= 15 is 0 Å². The molecule has 0 saturated heterocycles. The number of benzene rings is 1. The molecule has 0 aliphatic rings. The molecule has 0 aliphatic carbocycles. The van der Waals surface area contributed by atoms with Gasteiger partial charge in [-0.15, -0.1) is 0 Å². The third-order valence-electron chi connectivity index (χ3n) is 5.00. The molecule has 0 radical (unpaired) electrons. The topological polar surface area (TPSA) is 106 Å². The van der Waals surface area contributed by atoms with Crippen LogP contribution >= 0.6 is 0 Å². The Labute approximate surface area is 195 Å². The smallest absolute Gasteiger partial charge is 0.408 e. The third-order valence-corrected chi connectivity index (χ3v) is 5.00. The fraction of sp³-hybridized carbons (Fsp3) is 0.500. The molecular formula is C24H35N5O4. The van der Waals surface area contributed by atoms with Crippen LogP contribution in [-0.2, 0) is 16.1 Å². The summed E-state index contributed by atoms with van der Waals surface area (Å²) < 4.78 is 7.11. The molecule has 0 spiro atoms. The molecule has 0 bridgehead atoms. The van der Waals surface area contributed by atoms with Crippen molar-refractivity contribution in [2.75, 3.05) is 19.4 Å². The highest BCUT2D eigenvalue weighted by Crippen LogP contribution is 2.15. The fourth-order valence-corrected chi connectivity index (χ4v) is 3.12. The lowest BCUT2D eigenvalue weighted by atomic mass is 9.98. The number of carbonyl (C=O) groups is 3. The highest BCUT2D eigenvalue weighted by atomic mass is 16.6. The Morgan fingerprint density at radius 2 is 1.91 bits per heavy atom. The SMILES string of the molecule is CC[C@H](C)C(NC(=O)OC(C)(C)C)C(=O)Nc1cn(Cc2cccc(C(=O)N(C)C)c2)cn1. The molecule has 2 aromatic rings. The summed E-state index contributed by atoms with van der Waals surface area (Å²) in [7, 11) is 3.42. The summed E-state index contributed by atoms with van der Waals surface area (Å²) in [5, 5.41) is 5.45. The molecule has 2 N–H and O–H groups in total. The Morgan fingerprint density at radius 1 is 1.21 bits per heavy atom. The number of amides is 3. The maximum absolute atomic E-state index is 12.9. The minimum Gasteiger partial charge on any atom is -0.444 e. The molecule has 0 aliphatic heterocycles. The van der Waals surface area contributed by atoms with E-state index in [9.17, 15) is 14.4 Å². The predicted molar refractivity (Wildman–Crippen MR) is 127 cm³/mol. The summed E-state index contributed by atoms with van der Waals surface area (Å²) in [4.78, 5) is 43.1. The molecular weight excluding hydrogens is 422 g/mol. The second-order valence-corrected chi connectivity index (χ2v) is 9.33. The first kappa shape index (κ1) is 25.9. The van der Waals surface area contributed by atoms with Crippen molar-refractivity contribution in [1.29, 1.82) is 0 Å². The number of aromatic nitrogens is 2. The Bertz CT molecular complexity index is 977. The second kappa shape index (κ2) is 11.0. The van der Waals surface area contributed by atoms with Crippen molar-refractivity contribution in [3.8, 4) is 0 Å². The summed E-state index contributed by atoms with van der Waals surface area (Å²) in [6, 6.07) is 6.62. The molecule has 3 amide bonds. The third kappa shape index (κ3) is 7.93. The lowest BCUT2D eigenvalue weighted by Gasteiger charge is -2.26. The number of carbonyl (C=O) groups excluding carboxylic acids is 3. The number of ether oxygens (including phenoxy) is 1. The molecule has 1 aromatic carbocycles. The number of nitrogens with one attached hydrogen (secondary N) is 2. The van der Waals surface area contributed by atoms with E-state index in [1.165, 1.54) is 4.90 Å². The summed E-state index contributed by atoms with van der Waals surface area (Å²) in [5.74, 6) is -0.153. The molecule has 33 heavy (non-hydrogen) atoms. The predicted octanol–water partition coefficient (Wildman–Crippen LogP) is 3.51. The molecule has 1 aromatic heterocycles. The standard InChI is InChI=1S/C24H35N5O4/c1-8-16(2)20(27-23(32)33-24(3,4)5)21(30)26-19-14-29(15-25-19)13-17-10-9-11-18(12-17)22(31)28(6)7/h9-12,14-16,20H,8,13H2,1-7H3,(H,26,30)(H,27,32)/t16-,20?/m0/s1. The first-order valence-electron chi connectivity index (χ1n) is 11.0. The minimum absolute atomic E-state index is 0.0657. The van der Waals surface area contributed by atoms with Crippen LogP contribution in [0.1, 0.15) is 57.0 Å². The van der Waals surface area contributed by atoms with Crippen molar-refractivity contribution in [2.24, 2.45) is 5.92 Å². The minimum atomic E-state index is -0.760. The zero-order chi connectivity index (χ0) is 24.8. The Hall–Kier alpha value is -3.36. The highest BCUT2D eigenvalue weighted by Gasteiger charge is 2.28. The molecule has 1 unspecified atom stereocenters. The van der Waals surface area contributed by atoms with Crippen LogP contribution in [0.2, 0.25) is 0 Å². The summed E-state index contributed by atoms with van der Waals surface area (Å²) in [6.45, 7) is 9.63. The Balaban J connectivity index is 2.07. The molecule has 180 valence electrons. The van der Waals surface area contributed by atoms with E-state index in [1.54, 1.807) is 53.5 Å². The van der Waals surface area contributed by atoms with E-state index in [-0.39, 0.29) is 17.7 Å². The van der Waals surface area contributed by atoms with Gasteiger partial charge in [-0.2, -0.15) is 0 Å². The summed E-state index contributed by atoms with van der Waals surface area (Å²) in [6.07, 6.45) is 3.38. The normalized spacial score (nSPS) is 13.1. The van der Waals surface area contributed by atoms with Gasteiger partial charge < -0.3 is 24.8 Å². The van der Waals surface area contributed by atoms with Crippen LogP contribution in [0.25, 0.3) is 0 Å². The van der Waals surface area contributed by atoms with E-state index in [1.807, 2.05) is 36.6 Å². The van der Waals surface area contributed by atoms with Crippen molar-refractivity contribution in [3.63, 3.8) is 0 Å². The van der Waals surface area contributed by atoms with Gasteiger partial charge in [0.15, 0.2) is 5.82 Å². The number of hydrogen-bond donors (Lipinski definition) is 2. The second-order valence-electron chi connectivity index (χ2n) is 9.33. The maximum Gasteiger partial charge on any atom is 0.408 e. The zero-order valence-electron chi connectivity index (χ0n) is 20.5. The quantitative estimate of drug-likeness (QED) is 0.631. The summed E-state index contributed by atoms with van der Waals surface area (Å²) in [5.41, 5.74) is 0.881. The monoisotopic (exact) mass is 457 g/mol. The van der Waals surface area contributed by atoms with Crippen molar-refractivity contribution in [3.05, 3.63) is 47.9 Å². The van der Waals surface area contributed by atoms with Gasteiger partial charge in [-0.25, -0.2) is 9.78 Å². The fourth-order valence-electron chi connectivity index (χ4n) is 3.12. The first-order chi connectivity index (χ1) is 15.4. The molecule has 9 heteroatoms. The van der Waals surface area contributed by atoms with Crippen LogP contribution in [0.4, 0.5) is 10.6 Å². The lowest BCUT2D eigenvalue weighted by molar-refractivity contribution is -0.119. The van der Waals surface area contributed by atoms with Crippen molar-refractivity contribution in [2.45, 2.75) is 59.2 Å². The van der Waals surface area contributed by atoms with E-state index in [0.717, 1.165) is 5.56 Å². The maximum atomic E-state index is 12.9. The van der Waals surface area contributed by atoms with Crippen LogP contribution in [-0.4, -0.2) is 58.1 Å². The van der Waals surface area contributed by atoms with E-state index in [4.69, 9.17) is 4.74 Å². The van der Waals surface area contributed by atoms with Gasteiger partial charge in [-0.3, -0.25) is 9.59 Å². The average molecular weight is 458 g/mol. The van der Waals surface area contributed by atoms with Gasteiger partial charge in [0.2, 0.25) is 5.91 Å². The number of hydrogen-bond acceptors (Lipinski definition) is 5. The number of alkyl carbamates (subject to hydrolysis) is 1. The van der Waals surface area contributed by atoms with Gasteiger partial charge in [-0.05, 0) is 44.4 Å². The van der Waals surface area contributed by atoms with Gasteiger partial charge in [0.1, 0.15) is 11.6 Å². The molecule has 2 atom stereocenters. The van der Waals surface area contributed by atoms with Crippen molar-refractivity contribution < 1.29 is 19.1 Å². The Kier molecular flexibility index (Phi) is 8.62.